The van der Waals surface area contributed by atoms with Crippen LogP contribution in [0.3, 0.4) is 0 Å². The van der Waals surface area contributed by atoms with Crippen molar-refractivity contribution >= 4 is 17.3 Å². The van der Waals surface area contributed by atoms with E-state index >= 15 is 0 Å². The first kappa shape index (κ1) is 15.5. The normalized spacial score (nSPS) is 29.0. The van der Waals surface area contributed by atoms with Gasteiger partial charge in [-0.2, -0.15) is 5.10 Å². The smallest absolute Gasteiger partial charge is 0.160 e. The Morgan fingerprint density at radius 2 is 2.08 bits per heavy atom. The molecule has 6 heteroatoms. The van der Waals surface area contributed by atoms with Crippen LogP contribution in [-0.2, 0) is 20.8 Å². The summed E-state index contributed by atoms with van der Waals surface area (Å²) in [4.78, 5) is 37.2. The highest BCUT2D eigenvalue weighted by Gasteiger charge is 2.51. The van der Waals surface area contributed by atoms with Gasteiger partial charge in [0.25, 0.3) is 0 Å². The topological polar surface area (TPSA) is 100 Å². The molecule has 26 heavy (non-hydrogen) atoms. The number of H-pyrrole nitrogens is 1. The van der Waals surface area contributed by atoms with Crippen LogP contribution in [0.5, 0.6) is 5.75 Å². The zero-order valence-corrected chi connectivity index (χ0v) is 14.3. The second-order valence-electron chi connectivity index (χ2n) is 7.70. The Morgan fingerprint density at radius 3 is 2.85 bits per heavy atom. The molecule has 132 valence electrons. The van der Waals surface area contributed by atoms with E-state index in [9.17, 15) is 19.5 Å². The van der Waals surface area contributed by atoms with E-state index in [4.69, 9.17) is 0 Å². The second kappa shape index (κ2) is 5.13. The molecule has 1 heterocycles. The van der Waals surface area contributed by atoms with Crippen molar-refractivity contribution in [2.24, 2.45) is 11.8 Å². The van der Waals surface area contributed by atoms with Crippen LogP contribution in [0.1, 0.15) is 48.4 Å². The van der Waals surface area contributed by atoms with Gasteiger partial charge in [-0.05, 0) is 43.2 Å². The van der Waals surface area contributed by atoms with Crippen LogP contribution in [0.25, 0.3) is 11.3 Å². The predicted molar refractivity (Wildman–Crippen MR) is 91.8 cm³/mol. The van der Waals surface area contributed by atoms with E-state index in [2.05, 4.69) is 10.2 Å². The number of benzene rings is 1. The molecule has 1 fully saturated rings. The monoisotopic (exact) mass is 350 g/mol. The molecule has 4 unspecified atom stereocenters. The van der Waals surface area contributed by atoms with E-state index < -0.39 is 11.8 Å². The number of aromatic nitrogens is 2. The SMILES string of the molecule is CC(=O)C1C(=O)CC2CC3Cc4cccc(O)c4-c4n[nH]c(c43)C2C1=O. The highest BCUT2D eigenvalue weighted by Crippen LogP contribution is 2.54. The van der Waals surface area contributed by atoms with E-state index in [1.807, 2.05) is 12.1 Å². The first-order valence-corrected chi connectivity index (χ1v) is 8.93. The number of phenols is 1. The van der Waals surface area contributed by atoms with Gasteiger partial charge in [-0.15, -0.1) is 0 Å². The molecule has 0 aliphatic heterocycles. The highest BCUT2D eigenvalue weighted by molar-refractivity contribution is 6.22. The van der Waals surface area contributed by atoms with E-state index in [0.717, 1.165) is 35.2 Å². The van der Waals surface area contributed by atoms with Crippen molar-refractivity contribution in [3.63, 3.8) is 0 Å². The van der Waals surface area contributed by atoms with Gasteiger partial charge in [0.2, 0.25) is 0 Å². The zero-order valence-electron chi connectivity index (χ0n) is 14.3. The van der Waals surface area contributed by atoms with Gasteiger partial charge >= 0.3 is 0 Å². The first-order valence-electron chi connectivity index (χ1n) is 8.93. The van der Waals surface area contributed by atoms with Crippen LogP contribution in [0.2, 0.25) is 0 Å². The van der Waals surface area contributed by atoms with Gasteiger partial charge in [-0.3, -0.25) is 19.5 Å². The van der Waals surface area contributed by atoms with Crippen molar-refractivity contribution in [1.82, 2.24) is 10.2 Å². The molecule has 0 radical (unpaired) electrons. The maximum atomic E-state index is 13.0. The van der Waals surface area contributed by atoms with E-state index in [-0.39, 0.29) is 41.4 Å². The number of aromatic amines is 1. The summed E-state index contributed by atoms with van der Waals surface area (Å²) in [5, 5.41) is 17.8. The number of hydrogen-bond acceptors (Lipinski definition) is 5. The van der Waals surface area contributed by atoms with Crippen LogP contribution in [0.15, 0.2) is 18.2 Å². The second-order valence-corrected chi connectivity index (χ2v) is 7.70. The van der Waals surface area contributed by atoms with E-state index in [1.54, 1.807) is 6.07 Å². The van der Waals surface area contributed by atoms with Crippen molar-refractivity contribution in [3.8, 4) is 17.0 Å². The minimum absolute atomic E-state index is 0.0877. The molecule has 0 saturated heterocycles. The van der Waals surface area contributed by atoms with Crippen LogP contribution < -0.4 is 0 Å². The number of nitrogens with one attached hydrogen (secondary N) is 1. The van der Waals surface area contributed by atoms with Gasteiger partial charge in [0, 0.05) is 17.5 Å². The minimum Gasteiger partial charge on any atom is -0.507 e. The summed E-state index contributed by atoms with van der Waals surface area (Å²) in [5.41, 5.74) is 4.17. The summed E-state index contributed by atoms with van der Waals surface area (Å²) < 4.78 is 0. The standard InChI is InChI=1S/C20H18N2O4/c1-8(23)14-13(25)7-11-6-10-5-9-3-2-4-12(24)15(9)18-16(10)19(22-21-18)17(11)20(14)26/h2-4,10-11,14,17,24H,5-7H2,1H3,(H,21,22). The summed E-state index contributed by atoms with van der Waals surface area (Å²) in [5.74, 6) is -2.29. The van der Waals surface area contributed by atoms with Crippen molar-refractivity contribution in [3.05, 3.63) is 35.0 Å². The number of nitrogens with zero attached hydrogens (tertiary/aromatic N) is 1. The molecule has 4 atom stereocenters. The van der Waals surface area contributed by atoms with Gasteiger partial charge in [-0.25, -0.2) is 0 Å². The molecule has 2 aromatic rings. The lowest BCUT2D eigenvalue weighted by Gasteiger charge is -2.40. The molecule has 2 N–H and O–H groups in total. The number of ketones is 3. The quantitative estimate of drug-likeness (QED) is 0.769. The number of Topliss-reactive ketones (excluding diaryl/α,β-unsaturated/α-hetero) is 3. The number of rotatable bonds is 1. The van der Waals surface area contributed by atoms with Crippen molar-refractivity contribution in [2.45, 2.75) is 38.0 Å². The number of fused-ring (bicyclic) bond motifs is 4. The maximum Gasteiger partial charge on any atom is 0.160 e. The molecule has 0 spiro atoms. The van der Waals surface area contributed by atoms with Gasteiger partial charge in [0.15, 0.2) is 11.6 Å². The minimum atomic E-state index is -1.14. The third-order valence-corrected chi connectivity index (χ3v) is 6.23. The Bertz CT molecular complexity index is 990. The van der Waals surface area contributed by atoms with Crippen LogP contribution >= 0.6 is 0 Å². The van der Waals surface area contributed by atoms with Crippen molar-refractivity contribution in [1.29, 1.82) is 0 Å². The molecular weight excluding hydrogens is 332 g/mol. The third-order valence-electron chi connectivity index (χ3n) is 6.23. The van der Waals surface area contributed by atoms with E-state index in [1.165, 1.54) is 6.92 Å². The summed E-state index contributed by atoms with van der Waals surface area (Å²) in [6.45, 7) is 1.31. The van der Waals surface area contributed by atoms with Gasteiger partial charge in [0.1, 0.15) is 17.5 Å². The predicted octanol–water partition coefficient (Wildman–Crippen LogP) is 2.27. The van der Waals surface area contributed by atoms with E-state index in [0.29, 0.717) is 5.69 Å². The fraction of sp³-hybridized carbons (Fsp3) is 0.400. The summed E-state index contributed by atoms with van der Waals surface area (Å²) in [6.07, 6.45) is 1.74. The molecule has 0 bridgehead atoms. The number of aromatic hydroxyl groups is 1. The lowest BCUT2D eigenvalue weighted by atomic mass is 9.60. The van der Waals surface area contributed by atoms with Crippen molar-refractivity contribution in [2.75, 3.05) is 0 Å². The molecule has 3 aliphatic rings. The molecule has 1 saturated carbocycles. The van der Waals surface area contributed by atoms with Crippen LogP contribution in [0, 0.1) is 11.8 Å². The maximum absolute atomic E-state index is 13.0. The number of hydrogen-bond donors (Lipinski definition) is 2. The molecule has 1 aromatic heterocycles. The fourth-order valence-corrected chi connectivity index (χ4v) is 5.26. The lowest BCUT2D eigenvalue weighted by molar-refractivity contribution is -0.144. The van der Waals surface area contributed by atoms with Crippen LogP contribution in [-0.4, -0.2) is 32.7 Å². The average Bonchev–Trinajstić information content (AvgIpc) is 3.00. The summed E-state index contributed by atoms with van der Waals surface area (Å²) in [6, 6.07) is 5.45. The highest BCUT2D eigenvalue weighted by atomic mass is 16.3. The Morgan fingerprint density at radius 1 is 1.27 bits per heavy atom. The van der Waals surface area contributed by atoms with Crippen LogP contribution in [0.4, 0.5) is 0 Å². The largest absolute Gasteiger partial charge is 0.507 e. The Hall–Kier alpha value is -2.76. The summed E-state index contributed by atoms with van der Waals surface area (Å²) >= 11 is 0. The lowest BCUT2D eigenvalue weighted by Crippen LogP contribution is -2.45. The summed E-state index contributed by atoms with van der Waals surface area (Å²) in [7, 11) is 0. The molecular formula is C20H18N2O4. The molecule has 3 aliphatic carbocycles. The molecule has 1 aromatic carbocycles. The Labute approximate surface area is 149 Å². The molecule has 5 rings (SSSR count). The zero-order chi connectivity index (χ0) is 18.2. The van der Waals surface area contributed by atoms with Crippen molar-refractivity contribution < 1.29 is 19.5 Å². The fourth-order valence-electron chi connectivity index (χ4n) is 5.26. The molecule has 6 nitrogen and oxygen atoms in total. The first-order chi connectivity index (χ1) is 12.5. The van der Waals surface area contributed by atoms with Gasteiger partial charge in [-0.1, -0.05) is 12.1 Å². The Balaban J connectivity index is 1.68. The van der Waals surface area contributed by atoms with Gasteiger partial charge < -0.3 is 5.11 Å². The average molecular weight is 350 g/mol. The number of phenolic OH excluding ortho intramolecular Hbond substituents is 1. The molecule has 0 amide bonds. The Kier molecular flexibility index (Phi) is 3.05. The number of carbonyl (C=O) groups is 3. The third kappa shape index (κ3) is 1.87. The van der Waals surface area contributed by atoms with Gasteiger partial charge in [0.05, 0.1) is 17.3 Å². The number of carbonyl (C=O) groups excluding carboxylic acids is 3.